The third kappa shape index (κ3) is 6.23. The highest BCUT2D eigenvalue weighted by atomic mass is 32.2. The molecule has 0 aliphatic carbocycles. The summed E-state index contributed by atoms with van der Waals surface area (Å²) < 4.78 is 62.1. The largest absolute Gasteiger partial charge is 0.496 e. The fourth-order valence-corrected chi connectivity index (χ4v) is 4.45. The third-order valence-electron chi connectivity index (χ3n) is 3.65. The van der Waals surface area contributed by atoms with Gasteiger partial charge in [0.25, 0.3) is 0 Å². The number of hydrogen-bond donors (Lipinski definition) is 1. The summed E-state index contributed by atoms with van der Waals surface area (Å²) >= 11 is 0. The van der Waals surface area contributed by atoms with E-state index in [1.54, 1.807) is 19.9 Å². The molecule has 0 aliphatic rings. The third-order valence-corrected chi connectivity index (χ3v) is 6.56. The van der Waals surface area contributed by atoms with Crippen LogP contribution < -0.4 is 9.46 Å². The molecule has 0 fully saturated rings. The van der Waals surface area contributed by atoms with Crippen LogP contribution in [0.5, 0.6) is 5.75 Å². The molecule has 144 valence electrons. The smallest absolute Gasteiger partial charge is 0.240 e. The Hall–Kier alpha value is -1.20. The molecular weight excluding hydrogens is 368 g/mol. The number of nitrogens with zero attached hydrogens (tertiary/aromatic N) is 1. The van der Waals surface area contributed by atoms with Gasteiger partial charge in [-0.25, -0.2) is 21.6 Å². The molecule has 1 aromatic rings. The van der Waals surface area contributed by atoms with Gasteiger partial charge in [-0.15, -0.1) is 0 Å². The summed E-state index contributed by atoms with van der Waals surface area (Å²) in [4.78, 5) is 0.147. The van der Waals surface area contributed by atoms with E-state index in [-0.39, 0.29) is 31.1 Å². The van der Waals surface area contributed by atoms with Gasteiger partial charge in [0, 0.05) is 26.7 Å². The Bertz CT molecular complexity index is 790. The maximum Gasteiger partial charge on any atom is 0.240 e. The topological polar surface area (TPSA) is 102 Å². The molecule has 1 N–H and O–H groups in total. The lowest BCUT2D eigenvalue weighted by Crippen LogP contribution is -2.39. The molecule has 0 unspecified atom stereocenters. The highest BCUT2D eigenvalue weighted by Gasteiger charge is 2.21. The van der Waals surface area contributed by atoms with Crippen molar-refractivity contribution in [2.24, 2.45) is 0 Å². The molecule has 1 rings (SSSR count). The number of ether oxygens (including phenoxy) is 2. The van der Waals surface area contributed by atoms with Crippen molar-refractivity contribution in [1.29, 1.82) is 0 Å². The average molecular weight is 395 g/mol. The van der Waals surface area contributed by atoms with E-state index in [1.165, 1.54) is 24.6 Å². The second-order valence-corrected chi connectivity index (χ2v) is 9.36. The van der Waals surface area contributed by atoms with Gasteiger partial charge in [-0.2, -0.15) is 4.31 Å². The fraction of sp³-hybridized carbons (Fsp3) is 0.600. The summed E-state index contributed by atoms with van der Waals surface area (Å²) in [5, 5.41) is 0. The van der Waals surface area contributed by atoms with Gasteiger partial charge in [-0.05, 0) is 37.1 Å². The van der Waals surface area contributed by atoms with E-state index in [2.05, 4.69) is 4.72 Å². The summed E-state index contributed by atoms with van der Waals surface area (Å²) in [7, 11) is -4.21. The van der Waals surface area contributed by atoms with Crippen molar-refractivity contribution < 1.29 is 26.3 Å². The molecule has 0 radical (unpaired) electrons. The van der Waals surface area contributed by atoms with Crippen molar-refractivity contribution in [3.05, 3.63) is 23.3 Å². The zero-order chi connectivity index (χ0) is 19.3. The van der Waals surface area contributed by atoms with E-state index < -0.39 is 20.0 Å². The van der Waals surface area contributed by atoms with Crippen LogP contribution in [0.3, 0.4) is 0 Å². The maximum absolute atomic E-state index is 12.5. The fourth-order valence-electron chi connectivity index (χ4n) is 2.29. The summed E-state index contributed by atoms with van der Waals surface area (Å²) in [5.74, 6) is 0.610. The lowest BCUT2D eigenvalue weighted by Gasteiger charge is -2.20. The number of sulfonamides is 2. The van der Waals surface area contributed by atoms with E-state index in [4.69, 9.17) is 9.47 Å². The molecule has 0 saturated heterocycles. The van der Waals surface area contributed by atoms with Crippen molar-refractivity contribution in [1.82, 2.24) is 9.03 Å². The van der Waals surface area contributed by atoms with E-state index in [9.17, 15) is 16.8 Å². The standard InChI is InChI=1S/C15H26N2O6S2/c1-12-11-15(13(2)10-14(12)23-4)25(20,21)16-6-7-17(8-9-22-3)24(5,18)19/h10-11,16H,6-9H2,1-5H3. The van der Waals surface area contributed by atoms with Gasteiger partial charge in [0.1, 0.15) is 5.75 Å². The van der Waals surface area contributed by atoms with Gasteiger partial charge >= 0.3 is 0 Å². The molecule has 0 saturated carbocycles. The molecule has 0 aromatic heterocycles. The van der Waals surface area contributed by atoms with Crippen molar-refractivity contribution in [2.75, 3.05) is 46.7 Å². The van der Waals surface area contributed by atoms with Gasteiger partial charge in [0.05, 0.1) is 24.9 Å². The predicted octanol–water partition coefficient (Wildman–Crippen LogP) is 0.498. The quantitative estimate of drug-likeness (QED) is 0.620. The van der Waals surface area contributed by atoms with Crippen LogP contribution >= 0.6 is 0 Å². The Morgan fingerprint density at radius 2 is 1.68 bits per heavy atom. The summed E-state index contributed by atoms with van der Waals surface area (Å²) in [5.41, 5.74) is 1.25. The Kier molecular flexibility index (Phi) is 7.82. The van der Waals surface area contributed by atoms with E-state index in [0.717, 1.165) is 6.26 Å². The van der Waals surface area contributed by atoms with Crippen LogP contribution in [-0.2, 0) is 24.8 Å². The van der Waals surface area contributed by atoms with Gasteiger partial charge in [0.15, 0.2) is 0 Å². The first kappa shape index (κ1) is 21.8. The zero-order valence-electron chi connectivity index (χ0n) is 15.2. The molecule has 25 heavy (non-hydrogen) atoms. The number of methoxy groups -OCH3 is 2. The predicted molar refractivity (Wildman–Crippen MR) is 95.9 cm³/mol. The lowest BCUT2D eigenvalue weighted by atomic mass is 10.1. The number of aryl methyl sites for hydroxylation is 2. The minimum absolute atomic E-state index is 0.0234. The van der Waals surface area contributed by atoms with E-state index >= 15 is 0 Å². The average Bonchev–Trinajstić information content (AvgIpc) is 2.51. The first-order valence-corrected chi connectivity index (χ1v) is 10.9. The van der Waals surface area contributed by atoms with Crippen molar-refractivity contribution in [3.63, 3.8) is 0 Å². The lowest BCUT2D eigenvalue weighted by molar-refractivity contribution is 0.179. The van der Waals surface area contributed by atoms with Gasteiger partial charge in [-0.3, -0.25) is 0 Å². The minimum atomic E-state index is -3.76. The molecule has 0 heterocycles. The highest BCUT2D eigenvalue weighted by Crippen LogP contribution is 2.25. The van der Waals surface area contributed by atoms with Crippen molar-refractivity contribution >= 4 is 20.0 Å². The van der Waals surface area contributed by atoms with Crippen molar-refractivity contribution in [3.8, 4) is 5.75 Å². The maximum atomic E-state index is 12.5. The van der Waals surface area contributed by atoms with Crippen LogP contribution in [0, 0.1) is 13.8 Å². The van der Waals surface area contributed by atoms with Crippen molar-refractivity contribution in [2.45, 2.75) is 18.7 Å². The Balaban J connectivity index is 2.87. The van der Waals surface area contributed by atoms with Crippen LogP contribution in [-0.4, -0.2) is 67.9 Å². The first-order valence-electron chi connectivity index (χ1n) is 7.62. The monoisotopic (exact) mass is 394 g/mol. The highest BCUT2D eigenvalue weighted by molar-refractivity contribution is 7.89. The number of rotatable bonds is 10. The summed E-state index contributed by atoms with van der Waals surface area (Å²) in [6.45, 7) is 3.82. The second-order valence-electron chi connectivity index (χ2n) is 5.64. The van der Waals surface area contributed by atoms with Crippen LogP contribution in [0.4, 0.5) is 0 Å². The zero-order valence-corrected chi connectivity index (χ0v) is 16.8. The normalized spacial score (nSPS) is 12.6. The molecule has 0 spiro atoms. The Morgan fingerprint density at radius 1 is 1.04 bits per heavy atom. The van der Waals surface area contributed by atoms with Crippen LogP contribution in [0.15, 0.2) is 17.0 Å². The second kappa shape index (κ2) is 8.95. The molecule has 0 aliphatic heterocycles. The Morgan fingerprint density at radius 3 is 2.20 bits per heavy atom. The summed E-state index contributed by atoms with van der Waals surface area (Å²) in [6.07, 6.45) is 1.08. The minimum Gasteiger partial charge on any atom is -0.496 e. The number of hydrogen-bond acceptors (Lipinski definition) is 6. The number of benzene rings is 1. The molecule has 10 heteroatoms. The van der Waals surface area contributed by atoms with E-state index in [0.29, 0.717) is 16.9 Å². The van der Waals surface area contributed by atoms with Crippen LogP contribution in [0.25, 0.3) is 0 Å². The van der Waals surface area contributed by atoms with Gasteiger partial charge in [-0.1, -0.05) is 0 Å². The Labute approximate surface area is 150 Å². The SMILES string of the molecule is COCCN(CCNS(=O)(=O)c1cc(C)c(OC)cc1C)S(C)(=O)=O. The van der Waals surface area contributed by atoms with Gasteiger partial charge < -0.3 is 9.47 Å². The molecule has 0 amide bonds. The molecule has 8 nitrogen and oxygen atoms in total. The first-order chi connectivity index (χ1) is 11.5. The summed E-state index contributed by atoms with van der Waals surface area (Å²) in [6, 6.07) is 3.20. The number of nitrogens with one attached hydrogen (secondary N) is 1. The van der Waals surface area contributed by atoms with Crippen LogP contribution in [0.2, 0.25) is 0 Å². The molecular formula is C15H26N2O6S2. The van der Waals surface area contributed by atoms with Gasteiger partial charge in [0.2, 0.25) is 20.0 Å². The molecule has 0 atom stereocenters. The molecule has 1 aromatic carbocycles. The van der Waals surface area contributed by atoms with Crippen LogP contribution in [0.1, 0.15) is 11.1 Å². The molecule has 0 bridgehead atoms. The van der Waals surface area contributed by atoms with E-state index in [1.807, 2.05) is 0 Å².